The summed E-state index contributed by atoms with van der Waals surface area (Å²) in [6.07, 6.45) is 0. The Balaban J connectivity index is 1.69. The van der Waals surface area contributed by atoms with Gasteiger partial charge in [0.15, 0.2) is 5.82 Å². The van der Waals surface area contributed by atoms with E-state index in [1.807, 2.05) is 103 Å². The molecule has 0 spiro atoms. The first-order valence-corrected chi connectivity index (χ1v) is 12.5. The Labute approximate surface area is 222 Å². The van der Waals surface area contributed by atoms with Crippen molar-refractivity contribution in [3.8, 4) is 62.2 Å². The van der Waals surface area contributed by atoms with Crippen molar-refractivity contribution in [1.82, 2.24) is 9.97 Å². The third-order valence-electron chi connectivity index (χ3n) is 6.52. The van der Waals surface area contributed by atoms with E-state index < -0.39 is 0 Å². The van der Waals surface area contributed by atoms with Crippen molar-refractivity contribution in [2.24, 2.45) is 0 Å². The molecule has 0 fully saturated rings. The van der Waals surface area contributed by atoms with Crippen LogP contribution in [0.25, 0.3) is 56.2 Å². The minimum absolute atomic E-state index is 0.583. The lowest BCUT2D eigenvalue weighted by molar-refractivity contribution is 1.18. The van der Waals surface area contributed by atoms with Crippen molar-refractivity contribution in [3.63, 3.8) is 0 Å². The molecule has 0 aliphatic carbocycles. The summed E-state index contributed by atoms with van der Waals surface area (Å²) in [4.78, 5) is 10.0. The first kappa shape index (κ1) is 23.1. The molecule has 0 bridgehead atoms. The summed E-state index contributed by atoms with van der Waals surface area (Å²) in [5.41, 5.74) is 9.16. The summed E-state index contributed by atoms with van der Waals surface area (Å²) >= 11 is 0. The quantitative estimate of drug-likeness (QED) is 0.245. The molecule has 0 N–H and O–H groups in total. The summed E-state index contributed by atoms with van der Waals surface area (Å²) in [7, 11) is 0. The first-order valence-electron chi connectivity index (χ1n) is 12.5. The number of hydrogen-bond acceptors (Lipinski definition) is 3. The van der Waals surface area contributed by atoms with Gasteiger partial charge in [0.2, 0.25) is 0 Å². The van der Waals surface area contributed by atoms with Gasteiger partial charge in [0.25, 0.3) is 0 Å². The molecule has 1 aromatic heterocycles. The van der Waals surface area contributed by atoms with E-state index in [4.69, 9.17) is 9.97 Å². The number of hydrogen-bond donors (Lipinski definition) is 0. The van der Waals surface area contributed by atoms with Crippen molar-refractivity contribution in [1.29, 1.82) is 5.26 Å². The largest absolute Gasteiger partial charge is 0.228 e. The fourth-order valence-corrected chi connectivity index (χ4v) is 4.73. The van der Waals surface area contributed by atoms with Crippen molar-refractivity contribution in [2.75, 3.05) is 0 Å². The number of nitriles is 1. The standard InChI is InChI=1S/C35H23N3/c36-24-25-21-30(26-13-5-1-6-14-26)34(28-17-9-3-10-18-28)31(22-25)33-23-32(27-15-7-2-8-16-27)37-35(38-33)29-19-11-4-12-20-29/h1-23H. The fourth-order valence-electron chi connectivity index (χ4n) is 4.73. The maximum absolute atomic E-state index is 10.0. The minimum atomic E-state index is 0.583. The Kier molecular flexibility index (Phi) is 6.28. The minimum Gasteiger partial charge on any atom is -0.228 e. The van der Waals surface area contributed by atoms with Crippen molar-refractivity contribution < 1.29 is 0 Å². The van der Waals surface area contributed by atoms with Gasteiger partial charge in [-0.2, -0.15) is 5.26 Å². The van der Waals surface area contributed by atoms with E-state index in [-0.39, 0.29) is 0 Å². The highest BCUT2D eigenvalue weighted by Crippen LogP contribution is 2.41. The Hall–Kier alpha value is -5.33. The molecule has 0 saturated carbocycles. The van der Waals surface area contributed by atoms with Gasteiger partial charge in [-0.05, 0) is 40.5 Å². The van der Waals surface area contributed by atoms with Gasteiger partial charge in [-0.15, -0.1) is 0 Å². The predicted octanol–water partition coefficient (Wildman–Crippen LogP) is 8.68. The maximum atomic E-state index is 10.0. The molecule has 0 aliphatic heterocycles. The van der Waals surface area contributed by atoms with Crippen LogP contribution in [0.4, 0.5) is 0 Å². The molecule has 0 aliphatic rings. The average molecular weight is 486 g/mol. The number of nitrogens with zero attached hydrogens (tertiary/aromatic N) is 3. The molecule has 3 nitrogen and oxygen atoms in total. The molecule has 3 heteroatoms. The van der Waals surface area contributed by atoms with Crippen molar-refractivity contribution in [3.05, 3.63) is 145 Å². The third-order valence-corrected chi connectivity index (χ3v) is 6.52. The fraction of sp³-hybridized carbons (Fsp3) is 0. The first-order chi connectivity index (χ1) is 18.8. The van der Waals surface area contributed by atoms with Crippen LogP contribution in [0.15, 0.2) is 140 Å². The maximum Gasteiger partial charge on any atom is 0.160 e. The van der Waals surface area contributed by atoms with Crippen LogP contribution in [0, 0.1) is 11.3 Å². The molecule has 0 amide bonds. The normalized spacial score (nSPS) is 10.6. The summed E-state index contributed by atoms with van der Waals surface area (Å²) in [6.45, 7) is 0. The van der Waals surface area contributed by atoms with Gasteiger partial charge in [-0.3, -0.25) is 0 Å². The van der Waals surface area contributed by atoms with Crippen LogP contribution in [-0.4, -0.2) is 9.97 Å². The lowest BCUT2D eigenvalue weighted by Crippen LogP contribution is -1.99. The van der Waals surface area contributed by atoms with Gasteiger partial charge < -0.3 is 0 Å². The predicted molar refractivity (Wildman–Crippen MR) is 154 cm³/mol. The monoisotopic (exact) mass is 485 g/mol. The van der Waals surface area contributed by atoms with E-state index in [0.717, 1.165) is 50.3 Å². The van der Waals surface area contributed by atoms with Crippen LogP contribution in [-0.2, 0) is 0 Å². The van der Waals surface area contributed by atoms with E-state index in [0.29, 0.717) is 11.4 Å². The molecular formula is C35H23N3. The highest BCUT2D eigenvalue weighted by molar-refractivity contribution is 5.95. The molecule has 0 atom stereocenters. The zero-order valence-corrected chi connectivity index (χ0v) is 20.6. The summed E-state index contributed by atoms with van der Waals surface area (Å²) in [5.74, 6) is 0.643. The third kappa shape index (κ3) is 4.59. The molecule has 6 rings (SSSR count). The van der Waals surface area contributed by atoms with E-state index in [1.54, 1.807) is 0 Å². The molecule has 0 radical (unpaired) electrons. The van der Waals surface area contributed by atoms with Gasteiger partial charge in [0, 0.05) is 16.7 Å². The van der Waals surface area contributed by atoms with Crippen molar-refractivity contribution >= 4 is 0 Å². The Morgan fingerprint density at radius 1 is 0.447 bits per heavy atom. The number of rotatable bonds is 5. The number of aromatic nitrogens is 2. The second-order valence-electron chi connectivity index (χ2n) is 8.98. The smallest absolute Gasteiger partial charge is 0.160 e. The van der Waals surface area contributed by atoms with Gasteiger partial charge in [0.1, 0.15) is 0 Å². The van der Waals surface area contributed by atoms with Crippen LogP contribution in [0.2, 0.25) is 0 Å². The highest BCUT2D eigenvalue weighted by Gasteiger charge is 2.19. The molecule has 0 unspecified atom stereocenters. The van der Waals surface area contributed by atoms with Gasteiger partial charge in [-0.25, -0.2) is 9.97 Å². The molecular weight excluding hydrogens is 462 g/mol. The van der Waals surface area contributed by atoms with Crippen LogP contribution < -0.4 is 0 Å². The lowest BCUT2D eigenvalue weighted by Gasteiger charge is -2.18. The molecule has 0 saturated heterocycles. The molecule has 1 heterocycles. The van der Waals surface area contributed by atoms with E-state index in [9.17, 15) is 5.26 Å². The molecule has 178 valence electrons. The second kappa shape index (κ2) is 10.3. The Morgan fingerprint density at radius 2 is 0.921 bits per heavy atom. The van der Waals surface area contributed by atoms with Crippen LogP contribution in [0.3, 0.4) is 0 Å². The molecule has 5 aromatic carbocycles. The van der Waals surface area contributed by atoms with Crippen LogP contribution >= 0.6 is 0 Å². The lowest BCUT2D eigenvalue weighted by atomic mass is 9.87. The Bertz CT molecular complexity index is 1680. The Morgan fingerprint density at radius 3 is 1.50 bits per heavy atom. The molecule has 38 heavy (non-hydrogen) atoms. The van der Waals surface area contributed by atoms with Gasteiger partial charge >= 0.3 is 0 Å². The zero-order valence-electron chi connectivity index (χ0n) is 20.6. The SMILES string of the molecule is N#Cc1cc(-c2ccccc2)c(-c2ccccc2)c(-c2cc(-c3ccccc3)nc(-c3ccccc3)n2)c1. The molecule has 6 aromatic rings. The topological polar surface area (TPSA) is 49.6 Å². The van der Waals surface area contributed by atoms with Gasteiger partial charge in [0.05, 0.1) is 23.0 Å². The number of benzene rings is 5. The van der Waals surface area contributed by atoms with E-state index in [2.05, 4.69) is 42.5 Å². The van der Waals surface area contributed by atoms with E-state index in [1.165, 1.54) is 0 Å². The average Bonchev–Trinajstić information content (AvgIpc) is 3.02. The highest BCUT2D eigenvalue weighted by atomic mass is 14.9. The summed E-state index contributed by atoms with van der Waals surface area (Å²) in [5, 5.41) is 10.0. The van der Waals surface area contributed by atoms with Crippen molar-refractivity contribution in [2.45, 2.75) is 0 Å². The van der Waals surface area contributed by atoms with Gasteiger partial charge in [-0.1, -0.05) is 121 Å². The summed E-state index contributed by atoms with van der Waals surface area (Å²) < 4.78 is 0. The summed E-state index contributed by atoms with van der Waals surface area (Å²) in [6, 6.07) is 49.0. The van der Waals surface area contributed by atoms with E-state index >= 15 is 0 Å². The second-order valence-corrected chi connectivity index (χ2v) is 8.98. The van der Waals surface area contributed by atoms with Crippen LogP contribution in [0.1, 0.15) is 5.56 Å². The van der Waals surface area contributed by atoms with Crippen LogP contribution in [0.5, 0.6) is 0 Å². The zero-order chi connectivity index (χ0) is 25.7.